The molecule has 6 heteroatoms. The lowest BCUT2D eigenvalue weighted by atomic mass is 9.99. The van der Waals surface area contributed by atoms with Crippen LogP contribution < -0.4 is 0 Å². The summed E-state index contributed by atoms with van der Waals surface area (Å²) in [7, 11) is -3.10. The van der Waals surface area contributed by atoms with Crippen LogP contribution in [-0.2, 0) is 9.84 Å². The summed E-state index contributed by atoms with van der Waals surface area (Å²) in [5, 5.41) is 9.53. The van der Waals surface area contributed by atoms with Gasteiger partial charge in [-0.3, -0.25) is 0 Å². The summed E-state index contributed by atoms with van der Waals surface area (Å²) < 4.78 is 24.2. The highest BCUT2D eigenvalue weighted by atomic mass is 35.5. The van der Waals surface area contributed by atoms with Crippen LogP contribution in [0.15, 0.2) is 30.3 Å². The number of rotatable bonds is 6. The maximum atomic E-state index is 12.1. The molecule has 0 radical (unpaired) electrons. The molecule has 0 amide bonds. The molecule has 0 N–H and O–H groups in total. The molecule has 1 aliphatic heterocycles. The van der Waals surface area contributed by atoms with Gasteiger partial charge in [-0.15, -0.1) is 0 Å². The Kier molecular flexibility index (Phi) is 6.64. The quantitative estimate of drug-likeness (QED) is 0.789. The second-order valence-corrected chi connectivity index (χ2v) is 8.48. The lowest BCUT2D eigenvalue weighted by molar-refractivity contribution is 0.216. The molecule has 124 valence electrons. The van der Waals surface area contributed by atoms with E-state index < -0.39 is 9.84 Å². The van der Waals surface area contributed by atoms with Gasteiger partial charge >= 0.3 is 0 Å². The highest BCUT2D eigenvalue weighted by Crippen LogP contribution is 2.16. The zero-order chi connectivity index (χ0) is 16.7. The molecule has 0 aliphatic carbocycles. The Morgan fingerprint density at radius 3 is 2.52 bits per heavy atom. The fourth-order valence-corrected chi connectivity index (χ4v) is 3.76. The van der Waals surface area contributed by atoms with Crippen LogP contribution in [-0.4, -0.2) is 44.5 Å². The number of piperidine rings is 1. The normalized spacial score (nSPS) is 17.4. The summed E-state index contributed by atoms with van der Waals surface area (Å²) in [6.07, 6.45) is 5.16. The summed E-state index contributed by atoms with van der Waals surface area (Å²) in [6, 6.07) is 9.54. The highest BCUT2D eigenvalue weighted by molar-refractivity contribution is 7.91. The largest absolute Gasteiger partial charge is 0.302 e. The fourth-order valence-electron chi connectivity index (χ4n) is 2.54. The third-order valence-corrected chi connectivity index (χ3v) is 5.78. The van der Waals surface area contributed by atoms with Crippen LogP contribution >= 0.6 is 11.6 Å². The van der Waals surface area contributed by atoms with Crippen LogP contribution in [0.1, 0.15) is 18.4 Å². The Morgan fingerprint density at radius 1 is 1.26 bits per heavy atom. The predicted octanol–water partition coefficient (Wildman–Crippen LogP) is 3.00. The SMILES string of the molecule is N#CC1CCN(CCS(=O)(=O)CC=Cc2ccc(Cl)cc2)CC1. The van der Waals surface area contributed by atoms with E-state index in [0.717, 1.165) is 31.5 Å². The van der Waals surface area contributed by atoms with Crippen molar-refractivity contribution in [3.05, 3.63) is 40.9 Å². The van der Waals surface area contributed by atoms with Crippen LogP contribution in [0, 0.1) is 17.2 Å². The maximum Gasteiger partial charge on any atom is 0.155 e. The molecule has 1 aromatic rings. The van der Waals surface area contributed by atoms with E-state index in [2.05, 4.69) is 11.0 Å². The second-order valence-electron chi connectivity index (χ2n) is 5.81. The first-order valence-corrected chi connectivity index (χ1v) is 9.93. The number of sulfone groups is 1. The van der Waals surface area contributed by atoms with Crippen molar-refractivity contribution in [2.24, 2.45) is 5.92 Å². The maximum absolute atomic E-state index is 12.1. The number of hydrogen-bond acceptors (Lipinski definition) is 4. The van der Waals surface area contributed by atoms with E-state index in [1.807, 2.05) is 12.1 Å². The van der Waals surface area contributed by atoms with E-state index in [0.29, 0.717) is 11.6 Å². The van der Waals surface area contributed by atoms with Gasteiger partial charge in [-0.05, 0) is 43.6 Å². The van der Waals surface area contributed by atoms with Gasteiger partial charge in [0.2, 0.25) is 0 Å². The van der Waals surface area contributed by atoms with Crippen molar-refractivity contribution in [3.8, 4) is 6.07 Å². The van der Waals surface area contributed by atoms with Crippen LogP contribution in [0.2, 0.25) is 5.02 Å². The van der Waals surface area contributed by atoms with E-state index >= 15 is 0 Å². The van der Waals surface area contributed by atoms with Crippen molar-refractivity contribution in [1.29, 1.82) is 5.26 Å². The molecule has 0 spiro atoms. The topological polar surface area (TPSA) is 61.2 Å². The van der Waals surface area contributed by atoms with Gasteiger partial charge in [0.15, 0.2) is 9.84 Å². The minimum atomic E-state index is -3.10. The van der Waals surface area contributed by atoms with E-state index in [9.17, 15) is 8.42 Å². The molecule has 0 aromatic heterocycles. The van der Waals surface area contributed by atoms with Crippen molar-refractivity contribution in [1.82, 2.24) is 4.90 Å². The Bertz CT molecular complexity index is 670. The molecular formula is C17H21ClN2O2S. The molecule has 23 heavy (non-hydrogen) atoms. The van der Waals surface area contributed by atoms with E-state index in [-0.39, 0.29) is 17.4 Å². The first-order valence-electron chi connectivity index (χ1n) is 7.73. The zero-order valence-electron chi connectivity index (χ0n) is 13.0. The summed E-state index contributed by atoms with van der Waals surface area (Å²) >= 11 is 5.81. The molecule has 0 saturated carbocycles. The van der Waals surface area contributed by atoms with Gasteiger partial charge in [-0.2, -0.15) is 5.26 Å². The van der Waals surface area contributed by atoms with Crippen LogP contribution in [0.4, 0.5) is 0 Å². The number of hydrogen-bond donors (Lipinski definition) is 0. The van der Waals surface area contributed by atoms with Crippen LogP contribution in [0.3, 0.4) is 0 Å². The Hall–Kier alpha value is -1.35. The molecular weight excluding hydrogens is 332 g/mol. The molecule has 1 saturated heterocycles. The second kappa shape index (κ2) is 8.49. The van der Waals surface area contributed by atoms with Crippen molar-refractivity contribution >= 4 is 27.5 Å². The lowest BCUT2D eigenvalue weighted by Crippen LogP contribution is -2.36. The lowest BCUT2D eigenvalue weighted by Gasteiger charge is -2.28. The summed E-state index contributed by atoms with van der Waals surface area (Å²) in [5.74, 6) is 0.338. The molecule has 4 nitrogen and oxygen atoms in total. The van der Waals surface area contributed by atoms with Gasteiger partial charge in [0, 0.05) is 17.5 Å². The predicted molar refractivity (Wildman–Crippen MR) is 93.9 cm³/mol. The number of nitriles is 1. The van der Waals surface area contributed by atoms with Crippen molar-refractivity contribution in [2.75, 3.05) is 31.1 Å². The van der Waals surface area contributed by atoms with Crippen molar-refractivity contribution in [2.45, 2.75) is 12.8 Å². The third-order valence-electron chi connectivity index (χ3n) is 4.02. The van der Waals surface area contributed by atoms with Gasteiger partial charge in [0.05, 0.1) is 17.6 Å². The molecule has 1 heterocycles. The first kappa shape index (κ1) is 18.0. The molecule has 1 fully saturated rings. The van der Waals surface area contributed by atoms with E-state index in [1.165, 1.54) is 0 Å². The zero-order valence-corrected chi connectivity index (χ0v) is 14.6. The summed E-state index contributed by atoms with van der Waals surface area (Å²) in [6.45, 7) is 2.18. The number of halogens is 1. The number of benzene rings is 1. The molecule has 0 unspecified atom stereocenters. The molecule has 0 atom stereocenters. The highest BCUT2D eigenvalue weighted by Gasteiger charge is 2.20. The summed E-state index contributed by atoms with van der Waals surface area (Å²) in [4.78, 5) is 2.13. The molecule has 0 bridgehead atoms. The van der Waals surface area contributed by atoms with E-state index in [1.54, 1.807) is 24.3 Å². The molecule has 1 aromatic carbocycles. The van der Waals surface area contributed by atoms with Crippen LogP contribution in [0.5, 0.6) is 0 Å². The Morgan fingerprint density at radius 2 is 1.91 bits per heavy atom. The molecule has 1 aliphatic rings. The minimum Gasteiger partial charge on any atom is -0.302 e. The van der Waals surface area contributed by atoms with Crippen LogP contribution in [0.25, 0.3) is 6.08 Å². The summed E-state index contributed by atoms with van der Waals surface area (Å²) in [5.41, 5.74) is 0.933. The van der Waals surface area contributed by atoms with Gasteiger partial charge in [-0.25, -0.2) is 8.42 Å². The number of likely N-dealkylation sites (tertiary alicyclic amines) is 1. The van der Waals surface area contributed by atoms with Crippen molar-refractivity contribution < 1.29 is 8.42 Å². The first-order chi connectivity index (χ1) is 11.0. The number of nitrogens with zero attached hydrogens (tertiary/aromatic N) is 2. The average Bonchev–Trinajstić information content (AvgIpc) is 2.55. The molecule has 2 rings (SSSR count). The average molecular weight is 353 g/mol. The van der Waals surface area contributed by atoms with Gasteiger partial charge < -0.3 is 4.90 Å². The van der Waals surface area contributed by atoms with Gasteiger partial charge in [-0.1, -0.05) is 35.9 Å². The fraction of sp³-hybridized carbons (Fsp3) is 0.471. The van der Waals surface area contributed by atoms with Crippen molar-refractivity contribution in [3.63, 3.8) is 0 Å². The smallest absolute Gasteiger partial charge is 0.155 e. The van der Waals surface area contributed by atoms with Gasteiger partial charge in [0.25, 0.3) is 0 Å². The standard InChI is InChI=1S/C17H21ClN2O2S/c18-17-5-3-15(4-6-17)2-1-12-23(21,22)13-11-20-9-7-16(14-19)8-10-20/h1-6,16H,7-13H2. The third kappa shape index (κ3) is 6.34. The van der Waals surface area contributed by atoms with Gasteiger partial charge in [0.1, 0.15) is 0 Å². The Balaban J connectivity index is 1.76. The Labute approximate surface area is 143 Å². The monoisotopic (exact) mass is 352 g/mol. The van der Waals surface area contributed by atoms with E-state index in [4.69, 9.17) is 16.9 Å². The minimum absolute atomic E-state index is 0.0459.